The molecule has 0 saturated carbocycles. The summed E-state index contributed by atoms with van der Waals surface area (Å²) < 4.78 is 13.2. The normalized spacial score (nSPS) is 18.3. The number of oxazole rings is 1. The third kappa shape index (κ3) is 2.80. The quantitative estimate of drug-likeness (QED) is 0.720. The van der Waals surface area contributed by atoms with Gasteiger partial charge in [-0.15, -0.1) is 0 Å². The number of rotatable bonds is 4. The van der Waals surface area contributed by atoms with Crippen LogP contribution >= 0.6 is 0 Å². The summed E-state index contributed by atoms with van der Waals surface area (Å²) in [7, 11) is 2.02. The number of hydrogen-bond donors (Lipinski definition) is 0. The minimum Gasteiger partial charge on any atom is -0.459 e. The van der Waals surface area contributed by atoms with Crippen LogP contribution in [0.4, 0.5) is 0 Å². The lowest BCUT2D eigenvalue weighted by Crippen LogP contribution is -2.24. The second kappa shape index (κ2) is 6.19. The fourth-order valence-corrected chi connectivity index (χ4v) is 3.89. The Hall–Kier alpha value is -2.34. The zero-order valence-electron chi connectivity index (χ0n) is 15.2. The fraction of sp³-hybridized carbons (Fsp3) is 0.474. The van der Waals surface area contributed by atoms with E-state index in [1.807, 2.05) is 30.8 Å². The number of aryl methyl sites for hydroxylation is 3. The Morgan fingerprint density at radius 2 is 2.12 bits per heavy atom. The topological polar surface area (TPSA) is 60.2 Å². The van der Waals surface area contributed by atoms with E-state index in [4.69, 9.17) is 8.83 Å². The highest BCUT2D eigenvalue weighted by Gasteiger charge is 2.31. The smallest absolute Gasteiger partial charge is 0.263 e. The van der Waals surface area contributed by atoms with Crippen molar-refractivity contribution in [1.29, 1.82) is 0 Å². The first-order chi connectivity index (χ1) is 12.0. The molecule has 1 aliphatic heterocycles. The highest BCUT2D eigenvalue weighted by molar-refractivity contribution is 5.44. The highest BCUT2D eigenvalue weighted by Crippen LogP contribution is 2.37. The molecular weight excluding hydrogens is 316 g/mol. The predicted octanol–water partition coefficient (Wildman–Crippen LogP) is 3.93. The van der Waals surface area contributed by atoms with Crippen molar-refractivity contribution in [3.8, 4) is 11.7 Å². The Labute approximate surface area is 147 Å². The van der Waals surface area contributed by atoms with Crippen molar-refractivity contribution >= 4 is 0 Å². The third-order valence-electron chi connectivity index (χ3n) is 5.24. The van der Waals surface area contributed by atoms with Crippen LogP contribution in [0.5, 0.6) is 0 Å². The second-order valence-corrected chi connectivity index (χ2v) is 6.84. The van der Waals surface area contributed by atoms with E-state index < -0.39 is 0 Å². The van der Waals surface area contributed by atoms with Gasteiger partial charge < -0.3 is 8.83 Å². The van der Waals surface area contributed by atoms with Gasteiger partial charge in [0.1, 0.15) is 5.76 Å². The van der Waals surface area contributed by atoms with E-state index in [1.54, 1.807) is 6.26 Å². The standard InChI is InChI=1S/C19H24N4O2/c1-12-18(13(2)22(4)21-12)16-7-5-9-23(16)11-15-14(3)25-19(20-15)17-8-6-10-24-17/h6,8,10,16H,5,7,9,11H2,1-4H3/t16-/m0/s1. The maximum absolute atomic E-state index is 5.81. The Morgan fingerprint density at radius 1 is 1.28 bits per heavy atom. The number of aromatic nitrogens is 3. The molecule has 4 heterocycles. The molecule has 0 amide bonds. The van der Waals surface area contributed by atoms with Crippen LogP contribution in [0.25, 0.3) is 11.7 Å². The van der Waals surface area contributed by atoms with Gasteiger partial charge in [-0.05, 0) is 52.3 Å². The van der Waals surface area contributed by atoms with E-state index in [0.29, 0.717) is 17.7 Å². The molecule has 1 saturated heterocycles. The van der Waals surface area contributed by atoms with Gasteiger partial charge >= 0.3 is 0 Å². The number of hydrogen-bond acceptors (Lipinski definition) is 5. The Bertz CT molecular complexity index is 876. The molecule has 0 unspecified atom stereocenters. The SMILES string of the molecule is Cc1nn(C)c(C)c1[C@@H]1CCCN1Cc1nc(-c2ccco2)oc1C. The summed E-state index contributed by atoms with van der Waals surface area (Å²) in [4.78, 5) is 7.16. The van der Waals surface area contributed by atoms with Crippen LogP contribution < -0.4 is 0 Å². The minimum absolute atomic E-state index is 0.400. The van der Waals surface area contributed by atoms with Crippen molar-refractivity contribution in [2.45, 2.75) is 46.2 Å². The number of likely N-dealkylation sites (tertiary alicyclic amines) is 1. The molecule has 4 rings (SSSR count). The van der Waals surface area contributed by atoms with Crippen molar-refractivity contribution < 1.29 is 8.83 Å². The molecule has 6 heteroatoms. The lowest BCUT2D eigenvalue weighted by molar-refractivity contribution is 0.243. The lowest BCUT2D eigenvalue weighted by Gasteiger charge is -2.24. The molecule has 0 N–H and O–H groups in total. The molecule has 0 aliphatic carbocycles. The predicted molar refractivity (Wildman–Crippen MR) is 94.0 cm³/mol. The maximum atomic E-state index is 5.81. The minimum atomic E-state index is 0.400. The summed E-state index contributed by atoms with van der Waals surface area (Å²) in [6.45, 7) is 8.09. The van der Waals surface area contributed by atoms with E-state index in [2.05, 4.69) is 28.8 Å². The van der Waals surface area contributed by atoms with Gasteiger partial charge in [-0.3, -0.25) is 9.58 Å². The van der Waals surface area contributed by atoms with Gasteiger partial charge in [0, 0.05) is 30.9 Å². The Balaban J connectivity index is 1.60. The van der Waals surface area contributed by atoms with Crippen LogP contribution in [-0.4, -0.2) is 26.2 Å². The van der Waals surface area contributed by atoms with Crippen molar-refractivity contribution in [2.24, 2.45) is 7.05 Å². The van der Waals surface area contributed by atoms with E-state index in [9.17, 15) is 0 Å². The Morgan fingerprint density at radius 3 is 2.80 bits per heavy atom. The molecule has 132 valence electrons. The van der Waals surface area contributed by atoms with Crippen LogP contribution in [-0.2, 0) is 13.6 Å². The molecule has 0 spiro atoms. The van der Waals surface area contributed by atoms with Gasteiger partial charge in [-0.25, -0.2) is 4.98 Å². The summed E-state index contributed by atoms with van der Waals surface area (Å²) >= 11 is 0. The van der Waals surface area contributed by atoms with E-state index >= 15 is 0 Å². The molecule has 1 fully saturated rings. The van der Waals surface area contributed by atoms with Crippen molar-refractivity contribution in [2.75, 3.05) is 6.54 Å². The van der Waals surface area contributed by atoms with Gasteiger partial charge in [0.05, 0.1) is 17.7 Å². The monoisotopic (exact) mass is 340 g/mol. The molecule has 0 bridgehead atoms. The lowest BCUT2D eigenvalue weighted by atomic mass is 10.0. The summed E-state index contributed by atoms with van der Waals surface area (Å²) in [6, 6.07) is 4.12. The average molecular weight is 340 g/mol. The first kappa shape index (κ1) is 16.1. The molecular formula is C19H24N4O2. The maximum Gasteiger partial charge on any atom is 0.263 e. The average Bonchev–Trinajstić information content (AvgIpc) is 3.32. The zero-order valence-corrected chi connectivity index (χ0v) is 15.2. The molecule has 1 aliphatic rings. The van der Waals surface area contributed by atoms with Gasteiger partial charge in [0.25, 0.3) is 5.89 Å². The summed E-state index contributed by atoms with van der Waals surface area (Å²) in [5, 5.41) is 4.60. The van der Waals surface area contributed by atoms with E-state index in [-0.39, 0.29) is 0 Å². The number of nitrogens with zero attached hydrogens (tertiary/aromatic N) is 4. The van der Waals surface area contributed by atoms with Crippen LogP contribution in [0.2, 0.25) is 0 Å². The number of furan rings is 1. The summed E-state index contributed by atoms with van der Waals surface area (Å²) in [6.07, 6.45) is 3.99. The first-order valence-corrected chi connectivity index (χ1v) is 8.79. The van der Waals surface area contributed by atoms with Crippen molar-refractivity contribution in [1.82, 2.24) is 19.7 Å². The molecule has 0 aromatic carbocycles. The Kier molecular flexibility index (Phi) is 4.00. The largest absolute Gasteiger partial charge is 0.459 e. The van der Waals surface area contributed by atoms with E-state index in [1.165, 1.54) is 17.7 Å². The fourth-order valence-electron chi connectivity index (χ4n) is 3.89. The van der Waals surface area contributed by atoms with Gasteiger partial charge in [-0.2, -0.15) is 5.10 Å². The molecule has 25 heavy (non-hydrogen) atoms. The zero-order chi connectivity index (χ0) is 17.6. The van der Waals surface area contributed by atoms with Gasteiger partial charge in [-0.1, -0.05) is 0 Å². The van der Waals surface area contributed by atoms with Crippen LogP contribution in [0.1, 0.15) is 47.3 Å². The highest BCUT2D eigenvalue weighted by atomic mass is 16.4. The molecule has 3 aromatic heterocycles. The van der Waals surface area contributed by atoms with Crippen LogP contribution in [0.15, 0.2) is 27.2 Å². The molecule has 1 atom stereocenters. The first-order valence-electron chi connectivity index (χ1n) is 8.79. The molecule has 6 nitrogen and oxygen atoms in total. The van der Waals surface area contributed by atoms with Crippen LogP contribution in [0.3, 0.4) is 0 Å². The summed E-state index contributed by atoms with van der Waals surface area (Å²) in [5.74, 6) is 2.09. The van der Waals surface area contributed by atoms with Gasteiger partial charge in [0.2, 0.25) is 0 Å². The van der Waals surface area contributed by atoms with Crippen LogP contribution in [0, 0.1) is 20.8 Å². The van der Waals surface area contributed by atoms with Crippen molar-refractivity contribution in [3.05, 3.63) is 46.8 Å². The summed E-state index contributed by atoms with van der Waals surface area (Å²) in [5.41, 5.74) is 4.73. The molecule has 0 radical (unpaired) electrons. The second-order valence-electron chi connectivity index (χ2n) is 6.84. The molecule has 3 aromatic rings. The van der Waals surface area contributed by atoms with Gasteiger partial charge in [0.15, 0.2) is 5.76 Å². The van der Waals surface area contributed by atoms with Crippen molar-refractivity contribution in [3.63, 3.8) is 0 Å². The third-order valence-corrected chi connectivity index (χ3v) is 5.24. The van der Waals surface area contributed by atoms with E-state index in [0.717, 1.165) is 36.7 Å².